The molecule has 1 aromatic heterocycles. The number of hydrogen-bond donors (Lipinski definition) is 2. The van der Waals surface area contributed by atoms with Crippen LogP contribution in [0.4, 0.5) is 0 Å². The second kappa shape index (κ2) is 6.36. The fourth-order valence-corrected chi connectivity index (χ4v) is 2.47. The van der Waals surface area contributed by atoms with Crippen LogP contribution in [0.1, 0.15) is 16.7 Å². The van der Waals surface area contributed by atoms with Crippen molar-refractivity contribution in [2.45, 2.75) is 13.0 Å². The van der Waals surface area contributed by atoms with Gasteiger partial charge in [0, 0.05) is 6.42 Å². The maximum absolute atomic E-state index is 12.0. The van der Waals surface area contributed by atoms with E-state index in [1.807, 2.05) is 60.7 Å². The number of aromatic amines is 1. The van der Waals surface area contributed by atoms with E-state index in [1.54, 1.807) is 0 Å². The molecule has 5 heteroatoms. The molecule has 0 aliphatic rings. The van der Waals surface area contributed by atoms with E-state index in [2.05, 4.69) is 4.98 Å². The lowest BCUT2D eigenvalue weighted by atomic mass is 10.1. The van der Waals surface area contributed by atoms with Gasteiger partial charge in [-0.2, -0.15) is 0 Å². The van der Waals surface area contributed by atoms with Crippen molar-refractivity contribution >= 4 is 0 Å². The van der Waals surface area contributed by atoms with E-state index in [4.69, 9.17) is 0 Å². The first-order valence-corrected chi connectivity index (χ1v) is 7.28. The lowest BCUT2D eigenvalue weighted by molar-refractivity contribution is 0.402. The molecule has 0 unspecified atom stereocenters. The van der Waals surface area contributed by atoms with Crippen molar-refractivity contribution in [1.29, 1.82) is 0 Å². The van der Waals surface area contributed by atoms with Crippen LogP contribution < -0.4 is 11.2 Å². The normalized spacial score (nSPS) is 10.6. The van der Waals surface area contributed by atoms with E-state index in [9.17, 15) is 14.7 Å². The summed E-state index contributed by atoms with van der Waals surface area (Å²) in [6.07, 6.45) is 0.261. The molecule has 0 aliphatic carbocycles. The molecule has 0 aliphatic heterocycles. The summed E-state index contributed by atoms with van der Waals surface area (Å²) in [5.74, 6) is -0.286. The van der Waals surface area contributed by atoms with E-state index in [-0.39, 0.29) is 24.4 Å². The van der Waals surface area contributed by atoms with E-state index in [0.717, 1.165) is 11.1 Å². The van der Waals surface area contributed by atoms with Gasteiger partial charge in [-0.05, 0) is 11.1 Å². The van der Waals surface area contributed by atoms with Gasteiger partial charge in [0.15, 0.2) is 0 Å². The van der Waals surface area contributed by atoms with Gasteiger partial charge in [-0.15, -0.1) is 0 Å². The van der Waals surface area contributed by atoms with Crippen molar-refractivity contribution in [2.75, 3.05) is 0 Å². The van der Waals surface area contributed by atoms with Gasteiger partial charge in [-0.1, -0.05) is 60.7 Å². The number of aromatic hydroxyl groups is 1. The van der Waals surface area contributed by atoms with Gasteiger partial charge in [-0.3, -0.25) is 14.3 Å². The van der Waals surface area contributed by atoms with Gasteiger partial charge in [0.2, 0.25) is 5.88 Å². The molecule has 0 saturated carbocycles. The summed E-state index contributed by atoms with van der Waals surface area (Å²) in [5.41, 5.74) is 0.765. The molecule has 3 rings (SSSR count). The van der Waals surface area contributed by atoms with Gasteiger partial charge < -0.3 is 5.11 Å². The zero-order valence-corrected chi connectivity index (χ0v) is 12.4. The fraction of sp³-hybridized carbons (Fsp3) is 0.111. The van der Waals surface area contributed by atoms with Crippen molar-refractivity contribution < 1.29 is 5.11 Å². The van der Waals surface area contributed by atoms with Crippen molar-refractivity contribution in [3.8, 4) is 5.88 Å². The average molecular weight is 308 g/mol. The van der Waals surface area contributed by atoms with Gasteiger partial charge in [-0.25, -0.2) is 4.79 Å². The predicted molar refractivity (Wildman–Crippen MR) is 87.8 cm³/mol. The van der Waals surface area contributed by atoms with Crippen LogP contribution >= 0.6 is 0 Å². The standard InChI is InChI=1S/C18H16N2O3/c21-16-15(11-13-7-3-1-4-8-13)17(22)20(18(23)19-16)12-14-9-5-2-6-10-14/h1-10,22H,11-12H2,(H,19,21,23). The number of aromatic nitrogens is 2. The van der Waals surface area contributed by atoms with Crippen molar-refractivity contribution in [3.63, 3.8) is 0 Å². The number of H-pyrrole nitrogens is 1. The molecule has 5 nitrogen and oxygen atoms in total. The van der Waals surface area contributed by atoms with Crippen molar-refractivity contribution in [3.05, 3.63) is 98.2 Å². The van der Waals surface area contributed by atoms with Crippen molar-refractivity contribution in [2.24, 2.45) is 0 Å². The molecule has 0 fully saturated rings. The number of rotatable bonds is 4. The Morgan fingerprint density at radius 1 is 0.870 bits per heavy atom. The first-order chi connectivity index (χ1) is 11.1. The highest BCUT2D eigenvalue weighted by Gasteiger charge is 2.14. The summed E-state index contributed by atoms with van der Waals surface area (Å²) in [7, 11) is 0. The van der Waals surface area contributed by atoms with E-state index >= 15 is 0 Å². The molecular weight excluding hydrogens is 292 g/mol. The third-order valence-corrected chi connectivity index (χ3v) is 3.67. The lowest BCUT2D eigenvalue weighted by Crippen LogP contribution is -2.32. The zero-order chi connectivity index (χ0) is 16.2. The largest absolute Gasteiger partial charge is 0.494 e. The van der Waals surface area contributed by atoms with Crippen LogP contribution in [0.15, 0.2) is 70.3 Å². The number of hydrogen-bond acceptors (Lipinski definition) is 3. The highest BCUT2D eigenvalue weighted by atomic mass is 16.3. The maximum atomic E-state index is 12.0. The van der Waals surface area contributed by atoms with Gasteiger partial charge in [0.25, 0.3) is 5.56 Å². The Hall–Kier alpha value is -3.08. The van der Waals surface area contributed by atoms with Crippen LogP contribution in [-0.4, -0.2) is 14.7 Å². The third kappa shape index (κ3) is 3.23. The van der Waals surface area contributed by atoms with Crippen molar-refractivity contribution in [1.82, 2.24) is 9.55 Å². The molecule has 3 aromatic rings. The smallest absolute Gasteiger partial charge is 0.331 e. The van der Waals surface area contributed by atoms with E-state index < -0.39 is 11.2 Å². The minimum atomic E-state index is -0.617. The molecule has 0 radical (unpaired) electrons. The van der Waals surface area contributed by atoms with Crippen LogP contribution in [-0.2, 0) is 13.0 Å². The number of benzene rings is 2. The molecule has 0 bridgehead atoms. The Bertz CT molecular complexity index is 839. The van der Waals surface area contributed by atoms with E-state index in [0.29, 0.717) is 0 Å². The summed E-state index contributed by atoms with van der Waals surface area (Å²) < 4.78 is 1.18. The SMILES string of the molecule is O=c1[nH]c(=O)n(Cc2ccccc2)c(O)c1Cc1ccccc1. The van der Waals surface area contributed by atoms with Crippen LogP contribution in [0.2, 0.25) is 0 Å². The molecule has 23 heavy (non-hydrogen) atoms. The quantitative estimate of drug-likeness (QED) is 0.773. The first kappa shape index (κ1) is 14.8. The van der Waals surface area contributed by atoms with Crippen LogP contribution in [0.25, 0.3) is 0 Å². The fourth-order valence-electron chi connectivity index (χ4n) is 2.47. The molecule has 0 atom stereocenters. The molecule has 2 N–H and O–H groups in total. The summed E-state index contributed by atoms with van der Waals surface area (Å²) in [6, 6.07) is 18.6. The minimum Gasteiger partial charge on any atom is -0.494 e. The Morgan fingerprint density at radius 2 is 1.43 bits per heavy atom. The van der Waals surface area contributed by atoms with Crippen LogP contribution in [0, 0.1) is 0 Å². The Kier molecular flexibility index (Phi) is 4.10. The van der Waals surface area contributed by atoms with Gasteiger partial charge in [0.1, 0.15) is 0 Å². The zero-order valence-electron chi connectivity index (χ0n) is 12.4. The second-order valence-corrected chi connectivity index (χ2v) is 5.30. The van der Waals surface area contributed by atoms with Gasteiger partial charge >= 0.3 is 5.69 Å². The maximum Gasteiger partial charge on any atom is 0.331 e. The molecule has 1 heterocycles. The summed E-state index contributed by atoms with van der Waals surface area (Å²) in [5, 5.41) is 10.4. The van der Waals surface area contributed by atoms with Gasteiger partial charge in [0.05, 0.1) is 12.1 Å². The lowest BCUT2D eigenvalue weighted by Gasteiger charge is -2.11. The molecule has 0 spiro atoms. The molecular formula is C18H16N2O3. The molecule has 2 aromatic carbocycles. The predicted octanol–water partition coefficient (Wildman–Crippen LogP) is 1.88. The summed E-state index contributed by atoms with van der Waals surface area (Å²) in [4.78, 5) is 26.3. The minimum absolute atomic E-state index is 0.187. The number of nitrogens with one attached hydrogen (secondary N) is 1. The van der Waals surface area contributed by atoms with Crippen LogP contribution in [0.5, 0.6) is 5.88 Å². The molecule has 0 amide bonds. The summed E-state index contributed by atoms with van der Waals surface area (Å²) in [6.45, 7) is 0.198. The monoisotopic (exact) mass is 308 g/mol. The molecule has 116 valence electrons. The van der Waals surface area contributed by atoms with Crippen LogP contribution in [0.3, 0.4) is 0 Å². The highest BCUT2D eigenvalue weighted by molar-refractivity contribution is 5.31. The Balaban J connectivity index is 2.03. The van der Waals surface area contributed by atoms with E-state index in [1.165, 1.54) is 4.57 Å². The number of nitrogens with zero attached hydrogens (tertiary/aromatic N) is 1. The Morgan fingerprint density at radius 3 is 2.04 bits per heavy atom. The Labute approximate surface area is 132 Å². The highest BCUT2D eigenvalue weighted by Crippen LogP contribution is 2.16. The molecule has 0 saturated heterocycles. The topological polar surface area (TPSA) is 75.1 Å². The summed E-state index contributed by atoms with van der Waals surface area (Å²) >= 11 is 0. The third-order valence-electron chi connectivity index (χ3n) is 3.67. The second-order valence-electron chi connectivity index (χ2n) is 5.30. The average Bonchev–Trinajstić information content (AvgIpc) is 2.57. The first-order valence-electron chi connectivity index (χ1n) is 7.28.